The smallest absolute Gasteiger partial charge is 0.155 e. The Labute approximate surface area is 76.3 Å². The second-order valence-electron chi connectivity index (χ2n) is 3.89. The fraction of sp³-hybridized carbons (Fsp3) is 1.00. The van der Waals surface area contributed by atoms with Crippen molar-refractivity contribution in [2.24, 2.45) is 11.8 Å². The van der Waals surface area contributed by atoms with Crippen LogP contribution in [0.5, 0.6) is 0 Å². The zero-order valence-corrected chi connectivity index (χ0v) is 8.15. The highest BCUT2D eigenvalue weighted by Crippen LogP contribution is 2.34. The molecular formula is C9H16O2S. The van der Waals surface area contributed by atoms with Gasteiger partial charge in [-0.05, 0) is 24.7 Å². The summed E-state index contributed by atoms with van der Waals surface area (Å²) in [7, 11) is 0. The zero-order chi connectivity index (χ0) is 8.39. The van der Waals surface area contributed by atoms with Crippen LogP contribution >= 0.6 is 0 Å². The van der Waals surface area contributed by atoms with E-state index in [0.717, 1.165) is 24.7 Å². The summed E-state index contributed by atoms with van der Waals surface area (Å²) in [6.07, 6.45) is 6.47. The Morgan fingerprint density at radius 2 is 1.83 bits per heavy atom. The summed E-state index contributed by atoms with van der Waals surface area (Å²) >= 11 is -0.974. The second kappa shape index (κ2) is 3.88. The fourth-order valence-corrected chi connectivity index (χ4v) is 3.29. The third-order valence-corrected chi connectivity index (χ3v) is 4.10. The van der Waals surface area contributed by atoms with Gasteiger partial charge in [-0.3, -0.25) is 4.18 Å². The van der Waals surface area contributed by atoms with Crippen LogP contribution in [0.15, 0.2) is 0 Å². The Morgan fingerprint density at radius 3 is 2.67 bits per heavy atom. The molecular weight excluding hydrogens is 172 g/mol. The number of rotatable bonds is 0. The summed E-state index contributed by atoms with van der Waals surface area (Å²) in [4.78, 5) is 0. The molecule has 0 aromatic rings. The highest BCUT2D eigenvalue weighted by molar-refractivity contribution is 7.80. The monoisotopic (exact) mass is 188 g/mol. The van der Waals surface area contributed by atoms with Gasteiger partial charge in [0.05, 0.1) is 6.61 Å². The van der Waals surface area contributed by atoms with Crippen LogP contribution in [0.4, 0.5) is 0 Å². The van der Waals surface area contributed by atoms with Gasteiger partial charge in [-0.1, -0.05) is 19.3 Å². The van der Waals surface area contributed by atoms with E-state index in [9.17, 15) is 4.21 Å². The van der Waals surface area contributed by atoms with Crippen molar-refractivity contribution in [1.29, 1.82) is 0 Å². The van der Waals surface area contributed by atoms with Gasteiger partial charge < -0.3 is 0 Å². The minimum Gasteiger partial charge on any atom is -0.290 e. The lowest BCUT2D eigenvalue weighted by atomic mass is 9.78. The third kappa shape index (κ3) is 1.88. The molecule has 1 aliphatic heterocycles. The molecule has 70 valence electrons. The maximum atomic E-state index is 11.1. The van der Waals surface area contributed by atoms with Crippen LogP contribution in [0.2, 0.25) is 0 Å². The van der Waals surface area contributed by atoms with Crippen molar-refractivity contribution in [3.8, 4) is 0 Å². The number of hydrogen-bond donors (Lipinski definition) is 0. The summed E-state index contributed by atoms with van der Waals surface area (Å²) < 4.78 is 16.4. The van der Waals surface area contributed by atoms with Gasteiger partial charge in [0.15, 0.2) is 11.1 Å². The zero-order valence-electron chi connectivity index (χ0n) is 7.33. The molecule has 1 saturated carbocycles. The average Bonchev–Trinajstić information content (AvgIpc) is 2.29. The highest BCUT2D eigenvalue weighted by Gasteiger charge is 2.28. The van der Waals surface area contributed by atoms with E-state index in [4.69, 9.17) is 4.18 Å². The van der Waals surface area contributed by atoms with Crippen LogP contribution in [0.3, 0.4) is 0 Å². The standard InChI is InChI=1S/C9H16O2S/c10-12-6-5-8-3-1-2-4-9(8)7-11-12/h8-9H,1-7H2/t8-,9+,12?/m1/s1. The van der Waals surface area contributed by atoms with Crippen LogP contribution < -0.4 is 0 Å². The van der Waals surface area contributed by atoms with Gasteiger partial charge in [0.25, 0.3) is 0 Å². The molecule has 0 bridgehead atoms. The lowest BCUT2D eigenvalue weighted by Crippen LogP contribution is -2.21. The van der Waals surface area contributed by atoms with Crippen LogP contribution in [-0.4, -0.2) is 16.6 Å². The first-order chi connectivity index (χ1) is 5.86. The summed E-state index contributed by atoms with van der Waals surface area (Å²) in [6, 6.07) is 0. The number of hydrogen-bond acceptors (Lipinski definition) is 2. The van der Waals surface area contributed by atoms with Crippen LogP contribution in [0.1, 0.15) is 32.1 Å². The predicted molar refractivity (Wildman–Crippen MR) is 49.0 cm³/mol. The van der Waals surface area contributed by atoms with Gasteiger partial charge in [-0.25, -0.2) is 4.21 Å². The van der Waals surface area contributed by atoms with Gasteiger partial charge in [-0.15, -0.1) is 0 Å². The maximum Gasteiger partial charge on any atom is 0.155 e. The Morgan fingerprint density at radius 1 is 1.08 bits per heavy atom. The quantitative estimate of drug-likeness (QED) is 0.580. The Hall–Kier alpha value is 0.110. The normalized spacial score (nSPS) is 43.2. The van der Waals surface area contributed by atoms with Gasteiger partial charge >= 0.3 is 0 Å². The summed E-state index contributed by atoms with van der Waals surface area (Å²) in [6.45, 7) is 0.747. The van der Waals surface area contributed by atoms with Gasteiger partial charge in [0.2, 0.25) is 0 Å². The van der Waals surface area contributed by atoms with Crippen molar-refractivity contribution in [1.82, 2.24) is 0 Å². The largest absolute Gasteiger partial charge is 0.290 e. The van der Waals surface area contributed by atoms with Crippen molar-refractivity contribution in [2.75, 3.05) is 12.4 Å². The summed E-state index contributed by atoms with van der Waals surface area (Å²) in [5.41, 5.74) is 0. The molecule has 0 spiro atoms. The first-order valence-corrected chi connectivity index (χ1v) is 6.12. The minimum atomic E-state index is -0.974. The lowest BCUT2D eigenvalue weighted by Gasteiger charge is -2.28. The molecule has 12 heavy (non-hydrogen) atoms. The van der Waals surface area contributed by atoms with Crippen molar-refractivity contribution in [3.63, 3.8) is 0 Å². The molecule has 0 N–H and O–H groups in total. The summed E-state index contributed by atoms with van der Waals surface area (Å²) in [5.74, 6) is 2.29. The SMILES string of the molecule is O=S1CC[C@H]2CCCC[C@H]2CO1. The van der Waals surface area contributed by atoms with E-state index in [1.165, 1.54) is 25.7 Å². The van der Waals surface area contributed by atoms with Gasteiger partial charge in [0.1, 0.15) is 0 Å². The molecule has 0 amide bonds. The molecule has 1 unspecified atom stereocenters. The van der Waals surface area contributed by atoms with Gasteiger partial charge in [0, 0.05) is 5.75 Å². The maximum absolute atomic E-state index is 11.1. The van der Waals surface area contributed by atoms with Crippen molar-refractivity contribution < 1.29 is 8.39 Å². The van der Waals surface area contributed by atoms with Crippen LogP contribution in [-0.2, 0) is 15.3 Å². The van der Waals surface area contributed by atoms with E-state index in [-0.39, 0.29) is 0 Å². The topological polar surface area (TPSA) is 26.3 Å². The molecule has 0 radical (unpaired) electrons. The summed E-state index contributed by atoms with van der Waals surface area (Å²) in [5, 5.41) is 0. The molecule has 0 aromatic heterocycles. The van der Waals surface area contributed by atoms with E-state index in [2.05, 4.69) is 0 Å². The first-order valence-electron chi connectivity index (χ1n) is 4.88. The van der Waals surface area contributed by atoms with Crippen molar-refractivity contribution >= 4 is 11.1 Å². The lowest BCUT2D eigenvalue weighted by molar-refractivity contribution is 0.169. The van der Waals surface area contributed by atoms with E-state index in [1.807, 2.05) is 0 Å². The minimum absolute atomic E-state index is 0.713. The molecule has 3 heteroatoms. The Kier molecular flexibility index (Phi) is 2.81. The average molecular weight is 188 g/mol. The molecule has 1 aliphatic carbocycles. The van der Waals surface area contributed by atoms with E-state index in [1.54, 1.807) is 0 Å². The molecule has 0 aromatic carbocycles. The van der Waals surface area contributed by atoms with E-state index >= 15 is 0 Å². The fourth-order valence-electron chi connectivity index (χ4n) is 2.35. The molecule has 2 fully saturated rings. The van der Waals surface area contributed by atoms with E-state index in [0.29, 0.717) is 5.92 Å². The molecule has 1 saturated heterocycles. The van der Waals surface area contributed by atoms with E-state index < -0.39 is 11.1 Å². The Bertz CT molecular complexity index is 163. The number of fused-ring (bicyclic) bond motifs is 1. The van der Waals surface area contributed by atoms with Crippen LogP contribution in [0.25, 0.3) is 0 Å². The van der Waals surface area contributed by atoms with Crippen molar-refractivity contribution in [3.05, 3.63) is 0 Å². The molecule has 2 aliphatic rings. The highest BCUT2D eigenvalue weighted by atomic mass is 32.2. The van der Waals surface area contributed by atoms with Crippen LogP contribution in [0, 0.1) is 11.8 Å². The molecule has 2 rings (SSSR count). The molecule has 2 nitrogen and oxygen atoms in total. The van der Waals surface area contributed by atoms with Gasteiger partial charge in [-0.2, -0.15) is 0 Å². The first kappa shape index (κ1) is 8.70. The third-order valence-electron chi connectivity index (χ3n) is 3.14. The van der Waals surface area contributed by atoms with Crippen molar-refractivity contribution in [2.45, 2.75) is 32.1 Å². The molecule has 1 heterocycles. The second-order valence-corrected chi connectivity index (χ2v) is 5.14. The predicted octanol–water partition coefficient (Wildman–Crippen LogP) is 1.88. The Balaban J connectivity index is 1.98. The molecule has 3 atom stereocenters.